The highest BCUT2D eigenvalue weighted by Crippen LogP contribution is 2.30. The van der Waals surface area contributed by atoms with Crippen molar-refractivity contribution in [3.63, 3.8) is 0 Å². The molecule has 0 saturated carbocycles. The first-order valence-electron chi connectivity index (χ1n) is 7.62. The van der Waals surface area contributed by atoms with Gasteiger partial charge in [0.05, 0.1) is 24.2 Å². The van der Waals surface area contributed by atoms with Crippen LogP contribution in [0.3, 0.4) is 0 Å². The fraction of sp³-hybridized carbons (Fsp3) is 0.267. The highest BCUT2D eigenvalue weighted by Gasteiger charge is 2.24. The van der Waals surface area contributed by atoms with Gasteiger partial charge in [-0.05, 0) is 25.1 Å². The lowest BCUT2D eigenvalue weighted by atomic mass is 10.3. The smallest absolute Gasteiger partial charge is 0.314 e. The van der Waals surface area contributed by atoms with Crippen LogP contribution >= 0.6 is 22.9 Å². The van der Waals surface area contributed by atoms with E-state index in [0.29, 0.717) is 20.6 Å². The molecular formula is C15H13ClF2N4O3S2. The molecule has 0 aliphatic heterocycles. The lowest BCUT2D eigenvalue weighted by molar-refractivity contribution is 0.116. The van der Waals surface area contributed by atoms with Crippen LogP contribution in [-0.4, -0.2) is 29.4 Å². The third-order valence-corrected chi connectivity index (χ3v) is 6.41. The van der Waals surface area contributed by atoms with Gasteiger partial charge in [0.1, 0.15) is 9.88 Å². The minimum Gasteiger partial charge on any atom is -0.414 e. The molecule has 3 aromatic rings. The number of rotatable bonds is 7. The van der Waals surface area contributed by atoms with Gasteiger partial charge in [0.15, 0.2) is 0 Å². The zero-order chi connectivity index (χ0) is 19.6. The Balaban J connectivity index is 1.89. The standard InChI is InChI=1S/C15H13ClF2N4O3S2/c1-2-27(23,24)22(10-5-3-4-9(16)6-10)8-12-19-7-11(26-12)14-20-21-15(25-14)13(17)18/h3-7,13H,2,8H2,1H3. The van der Waals surface area contributed by atoms with Crippen molar-refractivity contribution < 1.29 is 21.6 Å². The molecule has 0 spiro atoms. The Morgan fingerprint density at radius 2 is 2.11 bits per heavy atom. The molecule has 0 atom stereocenters. The Bertz CT molecular complexity index is 1040. The molecule has 27 heavy (non-hydrogen) atoms. The third-order valence-electron chi connectivity index (χ3n) is 3.47. The second-order valence-corrected chi connectivity index (χ2v) is 8.99. The van der Waals surface area contributed by atoms with Crippen molar-refractivity contribution in [3.05, 3.63) is 46.4 Å². The van der Waals surface area contributed by atoms with Gasteiger partial charge in [-0.3, -0.25) is 4.31 Å². The number of thiazole rings is 1. The van der Waals surface area contributed by atoms with Crippen LogP contribution in [0, 0.1) is 0 Å². The molecule has 1 aromatic carbocycles. The second kappa shape index (κ2) is 7.87. The Labute approximate surface area is 162 Å². The van der Waals surface area contributed by atoms with E-state index in [1.54, 1.807) is 18.2 Å². The SMILES string of the molecule is CCS(=O)(=O)N(Cc1ncc(-c2nnc(C(F)F)o2)s1)c1cccc(Cl)c1. The number of hydrogen-bond donors (Lipinski definition) is 0. The summed E-state index contributed by atoms with van der Waals surface area (Å²) in [4.78, 5) is 4.51. The van der Waals surface area contributed by atoms with E-state index < -0.39 is 22.3 Å². The van der Waals surface area contributed by atoms with Gasteiger partial charge in [0.2, 0.25) is 10.0 Å². The minimum atomic E-state index is -3.60. The maximum Gasteiger partial charge on any atom is 0.314 e. The molecule has 2 aromatic heterocycles. The van der Waals surface area contributed by atoms with Crippen molar-refractivity contribution in [1.29, 1.82) is 0 Å². The van der Waals surface area contributed by atoms with Gasteiger partial charge < -0.3 is 4.42 Å². The summed E-state index contributed by atoms with van der Waals surface area (Å²) in [7, 11) is -3.60. The van der Waals surface area contributed by atoms with Crippen LogP contribution in [0.4, 0.5) is 14.5 Å². The largest absolute Gasteiger partial charge is 0.414 e. The summed E-state index contributed by atoms with van der Waals surface area (Å²) in [5.74, 6) is -0.991. The summed E-state index contributed by atoms with van der Waals surface area (Å²) in [6.07, 6.45) is -1.50. The molecule has 0 radical (unpaired) electrons. The van der Waals surface area contributed by atoms with E-state index in [2.05, 4.69) is 15.2 Å². The second-order valence-electron chi connectivity index (χ2n) is 5.25. The van der Waals surface area contributed by atoms with Gasteiger partial charge in [0, 0.05) is 5.02 Å². The molecule has 0 N–H and O–H groups in total. The van der Waals surface area contributed by atoms with Crippen LogP contribution in [-0.2, 0) is 16.6 Å². The van der Waals surface area contributed by atoms with Crippen molar-refractivity contribution in [3.8, 4) is 10.8 Å². The summed E-state index contributed by atoms with van der Waals surface area (Å²) >= 11 is 7.05. The molecule has 0 fully saturated rings. The van der Waals surface area contributed by atoms with Crippen molar-refractivity contribution in [2.75, 3.05) is 10.1 Å². The topological polar surface area (TPSA) is 89.2 Å². The van der Waals surface area contributed by atoms with E-state index in [-0.39, 0.29) is 18.2 Å². The Morgan fingerprint density at radius 1 is 1.33 bits per heavy atom. The molecule has 2 heterocycles. The predicted octanol–water partition coefficient (Wildman–Crippen LogP) is 4.14. The maximum atomic E-state index is 12.6. The first-order chi connectivity index (χ1) is 12.8. The molecule has 0 aliphatic carbocycles. The zero-order valence-electron chi connectivity index (χ0n) is 13.8. The van der Waals surface area contributed by atoms with E-state index >= 15 is 0 Å². The molecule has 0 aliphatic rings. The van der Waals surface area contributed by atoms with Crippen LogP contribution in [0.2, 0.25) is 5.02 Å². The maximum absolute atomic E-state index is 12.6. The van der Waals surface area contributed by atoms with Crippen LogP contribution < -0.4 is 4.31 Å². The van der Waals surface area contributed by atoms with E-state index in [1.165, 1.54) is 23.5 Å². The molecule has 0 unspecified atom stereocenters. The minimum absolute atomic E-state index is 0.0446. The van der Waals surface area contributed by atoms with Crippen molar-refractivity contribution >= 4 is 38.6 Å². The van der Waals surface area contributed by atoms with Gasteiger partial charge in [-0.25, -0.2) is 13.4 Å². The van der Waals surface area contributed by atoms with Crippen LogP contribution in [0.25, 0.3) is 10.8 Å². The van der Waals surface area contributed by atoms with Gasteiger partial charge in [-0.2, -0.15) is 8.78 Å². The molecule has 12 heteroatoms. The monoisotopic (exact) mass is 434 g/mol. The van der Waals surface area contributed by atoms with E-state index in [9.17, 15) is 17.2 Å². The number of aromatic nitrogens is 3. The molecule has 0 amide bonds. The summed E-state index contributed by atoms with van der Waals surface area (Å²) < 4.78 is 56.2. The molecule has 0 saturated heterocycles. The van der Waals surface area contributed by atoms with Crippen LogP contribution in [0.5, 0.6) is 0 Å². The van der Waals surface area contributed by atoms with Gasteiger partial charge in [0.25, 0.3) is 11.8 Å². The molecule has 144 valence electrons. The summed E-state index contributed by atoms with van der Waals surface area (Å²) in [5.41, 5.74) is 0.402. The number of halogens is 3. The Hall–Kier alpha value is -2.11. The van der Waals surface area contributed by atoms with Gasteiger partial charge in [-0.1, -0.05) is 17.7 Å². The van der Waals surface area contributed by atoms with Crippen LogP contribution in [0.1, 0.15) is 24.2 Å². The fourth-order valence-electron chi connectivity index (χ4n) is 2.16. The average Bonchev–Trinajstić information content (AvgIpc) is 3.28. The van der Waals surface area contributed by atoms with Gasteiger partial charge >= 0.3 is 6.43 Å². The number of nitrogens with zero attached hydrogens (tertiary/aromatic N) is 4. The third kappa shape index (κ3) is 4.42. The highest BCUT2D eigenvalue weighted by atomic mass is 35.5. The van der Waals surface area contributed by atoms with Crippen LogP contribution in [0.15, 0.2) is 34.9 Å². The van der Waals surface area contributed by atoms with Crippen molar-refractivity contribution in [2.24, 2.45) is 0 Å². The quantitative estimate of drug-likeness (QED) is 0.555. The summed E-state index contributed by atoms with van der Waals surface area (Å²) in [6.45, 7) is 1.49. The lowest BCUT2D eigenvalue weighted by Crippen LogP contribution is -2.31. The molecular weight excluding hydrogens is 422 g/mol. The average molecular weight is 435 g/mol. The lowest BCUT2D eigenvalue weighted by Gasteiger charge is -2.23. The predicted molar refractivity (Wildman–Crippen MR) is 97.5 cm³/mol. The Morgan fingerprint density at radius 3 is 2.74 bits per heavy atom. The normalized spacial score (nSPS) is 11.9. The molecule has 0 bridgehead atoms. The van der Waals surface area contributed by atoms with Gasteiger partial charge in [-0.15, -0.1) is 21.5 Å². The fourth-order valence-corrected chi connectivity index (χ4v) is 4.32. The summed E-state index contributed by atoms with van der Waals surface area (Å²) in [6, 6.07) is 6.45. The van der Waals surface area contributed by atoms with E-state index in [1.807, 2.05) is 0 Å². The number of alkyl halides is 2. The number of benzene rings is 1. The Kier molecular flexibility index (Phi) is 5.72. The first kappa shape index (κ1) is 19.6. The first-order valence-corrected chi connectivity index (χ1v) is 10.4. The number of sulfonamides is 1. The van der Waals surface area contributed by atoms with E-state index in [4.69, 9.17) is 16.0 Å². The molecule has 7 nitrogen and oxygen atoms in total. The molecule has 3 rings (SSSR count). The number of anilines is 1. The summed E-state index contributed by atoms with van der Waals surface area (Å²) in [5, 5.41) is 7.65. The zero-order valence-corrected chi connectivity index (χ0v) is 16.2. The highest BCUT2D eigenvalue weighted by molar-refractivity contribution is 7.92. The van der Waals surface area contributed by atoms with E-state index in [0.717, 1.165) is 11.3 Å². The number of hydrogen-bond acceptors (Lipinski definition) is 7. The van der Waals surface area contributed by atoms with Crippen molar-refractivity contribution in [1.82, 2.24) is 15.2 Å². The van der Waals surface area contributed by atoms with Crippen molar-refractivity contribution in [2.45, 2.75) is 19.9 Å².